The van der Waals surface area contributed by atoms with Crippen LogP contribution in [0, 0.1) is 0 Å². The van der Waals surface area contributed by atoms with Crippen molar-refractivity contribution < 1.29 is 19.1 Å². The Morgan fingerprint density at radius 1 is 0.864 bits per heavy atom. The lowest BCUT2D eigenvalue weighted by Gasteiger charge is -2.35. The molecule has 0 unspecified atom stereocenters. The third-order valence-corrected chi connectivity index (χ3v) is 8.43. The summed E-state index contributed by atoms with van der Waals surface area (Å²) in [6.07, 6.45) is 4.39. The van der Waals surface area contributed by atoms with Crippen LogP contribution in [0.2, 0.25) is 5.02 Å². The van der Waals surface area contributed by atoms with Crippen molar-refractivity contribution >= 4 is 40.8 Å². The fourth-order valence-corrected chi connectivity index (χ4v) is 5.98. The molecule has 1 fully saturated rings. The SMILES string of the molecule is O=C(NCCCCCNC(=O)c1cc(Cl)ccc1C1CCN(CCN2C(=O)COc3ccccc32)CC1)Nc1ccccc1. The van der Waals surface area contributed by atoms with E-state index in [1.54, 1.807) is 6.07 Å². The van der Waals surface area contributed by atoms with E-state index in [2.05, 4.69) is 20.9 Å². The third-order valence-electron chi connectivity index (χ3n) is 8.19. The van der Waals surface area contributed by atoms with Crippen molar-refractivity contribution in [1.82, 2.24) is 15.5 Å². The van der Waals surface area contributed by atoms with Gasteiger partial charge in [0.1, 0.15) is 5.75 Å². The summed E-state index contributed by atoms with van der Waals surface area (Å²) in [6.45, 7) is 4.40. The number of hydrogen-bond acceptors (Lipinski definition) is 5. The van der Waals surface area contributed by atoms with Crippen LogP contribution in [0.25, 0.3) is 0 Å². The Kier molecular flexibility index (Phi) is 11.1. The second-order valence-electron chi connectivity index (χ2n) is 11.2. The number of hydrogen-bond donors (Lipinski definition) is 3. The van der Waals surface area contributed by atoms with Crippen molar-refractivity contribution in [2.24, 2.45) is 0 Å². The van der Waals surface area contributed by atoms with E-state index in [9.17, 15) is 14.4 Å². The number of rotatable bonds is 12. The van der Waals surface area contributed by atoms with E-state index < -0.39 is 0 Å². The maximum absolute atomic E-state index is 13.2. The predicted octanol–water partition coefficient (Wildman–Crippen LogP) is 5.67. The Morgan fingerprint density at radius 3 is 2.39 bits per heavy atom. The van der Waals surface area contributed by atoms with Crippen LogP contribution in [0.4, 0.5) is 16.2 Å². The summed E-state index contributed by atoms with van der Waals surface area (Å²) in [6, 6.07) is 22.4. The van der Waals surface area contributed by atoms with Gasteiger partial charge in [-0.05, 0) is 93.1 Å². The van der Waals surface area contributed by atoms with Crippen LogP contribution in [0.15, 0.2) is 72.8 Å². The first-order valence-corrected chi connectivity index (χ1v) is 15.8. The summed E-state index contributed by atoms with van der Waals surface area (Å²) in [5.74, 6) is 0.899. The predicted molar refractivity (Wildman–Crippen MR) is 174 cm³/mol. The molecule has 3 aromatic rings. The molecule has 1 saturated heterocycles. The number of unbranched alkanes of at least 4 members (excludes halogenated alkanes) is 2. The zero-order valence-electron chi connectivity index (χ0n) is 24.9. The van der Waals surface area contributed by atoms with Crippen LogP contribution in [0.5, 0.6) is 5.75 Å². The summed E-state index contributed by atoms with van der Waals surface area (Å²) in [5.41, 5.74) is 3.27. The highest BCUT2D eigenvalue weighted by Crippen LogP contribution is 2.33. The maximum atomic E-state index is 13.2. The van der Waals surface area contributed by atoms with Crippen LogP contribution in [-0.4, -0.2) is 68.6 Å². The molecule has 0 bridgehead atoms. The van der Waals surface area contributed by atoms with Gasteiger partial charge in [-0.3, -0.25) is 9.59 Å². The molecule has 3 aromatic carbocycles. The standard InChI is InChI=1S/C34H40ClN5O4/c35-26-13-14-28(25-15-19-39(20-16-25)21-22-40-30-11-5-6-12-31(30)44-24-32(40)41)29(23-26)33(42)36-17-7-2-8-18-37-34(43)38-27-9-3-1-4-10-27/h1,3-6,9-14,23,25H,2,7-8,15-22,24H2,(H,36,42)(H2,37,38,43). The van der Waals surface area contributed by atoms with Crippen molar-refractivity contribution in [2.75, 3.05) is 56.1 Å². The monoisotopic (exact) mass is 617 g/mol. The molecule has 232 valence electrons. The van der Waals surface area contributed by atoms with Crippen molar-refractivity contribution in [3.05, 3.63) is 88.9 Å². The van der Waals surface area contributed by atoms with Gasteiger partial charge >= 0.3 is 6.03 Å². The minimum atomic E-state index is -0.221. The number of carbonyl (C=O) groups excluding carboxylic acids is 3. The Bertz CT molecular complexity index is 1430. The third kappa shape index (κ3) is 8.51. The first-order chi connectivity index (χ1) is 21.5. The fraction of sp³-hybridized carbons (Fsp3) is 0.382. The lowest BCUT2D eigenvalue weighted by Crippen LogP contribution is -2.45. The second kappa shape index (κ2) is 15.6. The van der Waals surface area contributed by atoms with Crippen LogP contribution >= 0.6 is 11.6 Å². The lowest BCUT2D eigenvalue weighted by molar-refractivity contribution is -0.121. The lowest BCUT2D eigenvalue weighted by atomic mass is 9.86. The number of carbonyl (C=O) groups is 3. The van der Waals surface area contributed by atoms with Crippen LogP contribution < -0.4 is 25.6 Å². The molecule has 0 spiro atoms. The topological polar surface area (TPSA) is 103 Å². The zero-order chi connectivity index (χ0) is 30.7. The number of piperidine rings is 1. The molecule has 9 nitrogen and oxygen atoms in total. The quantitative estimate of drug-likeness (QED) is 0.227. The van der Waals surface area contributed by atoms with E-state index in [0.717, 1.165) is 74.4 Å². The highest BCUT2D eigenvalue weighted by atomic mass is 35.5. The van der Waals surface area contributed by atoms with Gasteiger partial charge in [0, 0.05) is 42.5 Å². The van der Waals surface area contributed by atoms with Gasteiger partial charge < -0.3 is 30.5 Å². The van der Waals surface area contributed by atoms with E-state index in [1.165, 1.54) is 0 Å². The largest absolute Gasteiger partial charge is 0.482 e. The molecule has 0 atom stereocenters. The first-order valence-electron chi connectivity index (χ1n) is 15.4. The minimum Gasteiger partial charge on any atom is -0.482 e. The van der Waals surface area contributed by atoms with Gasteiger partial charge in [-0.15, -0.1) is 0 Å². The van der Waals surface area contributed by atoms with E-state index in [1.807, 2.05) is 71.6 Å². The highest BCUT2D eigenvalue weighted by molar-refractivity contribution is 6.31. The molecule has 10 heteroatoms. The average molecular weight is 618 g/mol. The van der Waals surface area contributed by atoms with Crippen molar-refractivity contribution in [3.8, 4) is 5.75 Å². The van der Waals surface area contributed by atoms with Crippen molar-refractivity contribution in [2.45, 2.75) is 38.0 Å². The minimum absolute atomic E-state index is 0.0155. The van der Waals surface area contributed by atoms with Crippen LogP contribution in [0.3, 0.4) is 0 Å². The van der Waals surface area contributed by atoms with Gasteiger partial charge in [-0.25, -0.2) is 4.79 Å². The number of ether oxygens (including phenoxy) is 1. The number of urea groups is 1. The van der Waals surface area contributed by atoms with E-state index >= 15 is 0 Å². The van der Waals surface area contributed by atoms with Crippen molar-refractivity contribution in [1.29, 1.82) is 0 Å². The Morgan fingerprint density at radius 2 is 1.59 bits per heavy atom. The number of nitrogens with zero attached hydrogens (tertiary/aromatic N) is 2. The average Bonchev–Trinajstić information content (AvgIpc) is 3.04. The first kappa shape index (κ1) is 31.3. The number of halogens is 1. The molecule has 0 radical (unpaired) electrons. The number of nitrogens with one attached hydrogen (secondary N) is 3. The molecule has 0 saturated carbocycles. The van der Waals surface area contributed by atoms with Gasteiger partial charge in [0.15, 0.2) is 6.61 Å². The van der Waals surface area contributed by atoms with Crippen LogP contribution in [-0.2, 0) is 4.79 Å². The number of fused-ring (bicyclic) bond motifs is 1. The molecule has 4 amide bonds. The molecule has 3 N–H and O–H groups in total. The Labute approximate surface area is 263 Å². The second-order valence-corrected chi connectivity index (χ2v) is 11.6. The van der Waals surface area contributed by atoms with E-state index in [4.69, 9.17) is 16.3 Å². The van der Waals surface area contributed by atoms with Crippen LogP contribution in [0.1, 0.15) is 53.9 Å². The highest BCUT2D eigenvalue weighted by Gasteiger charge is 2.28. The number of benzene rings is 3. The maximum Gasteiger partial charge on any atom is 0.319 e. The molecule has 2 aliphatic heterocycles. The molecule has 2 heterocycles. The Hall–Kier alpha value is -4.08. The van der Waals surface area contributed by atoms with E-state index in [0.29, 0.717) is 30.2 Å². The number of para-hydroxylation sites is 3. The smallest absolute Gasteiger partial charge is 0.319 e. The summed E-state index contributed by atoms with van der Waals surface area (Å²) in [7, 11) is 0. The zero-order valence-corrected chi connectivity index (χ0v) is 25.7. The molecular formula is C34H40ClN5O4. The van der Waals surface area contributed by atoms with Gasteiger partial charge in [-0.2, -0.15) is 0 Å². The molecule has 2 aliphatic rings. The fourth-order valence-electron chi connectivity index (χ4n) is 5.81. The normalized spacial score (nSPS) is 15.3. The molecule has 5 rings (SSSR count). The van der Waals surface area contributed by atoms with Crippen molar-refractivity contribution in [3.63, 3.8) is 0 Å². The van der Waals surface area contributed by atoms with Gasteiger partial charge in [0.05, 0.1) is 5.69 Å². The Balaban J connectivity index is 1.03. The number of likely N-dealkylation sites (tertiary alicyclic amines) is 1. The molecular weight excluding hydrogens is 578 g/mol. The van der Waals surface area contributed by atoms with Gasteiger partial charge in [0.2, 0.25) is 0 Å². The summed E-state index contributed by atoms with van der Waals surface area (Å²) in [5, 5.41) is 9.27. The summed E-state index contributed by atoms with van der Waals surface area (Å²) in [4.78, 5) is 41.9. The van der Waals surface area contributed by atoms with Gasteiger partial charge in [-0.1, -0.05) is 48.0 Å². The number of amides is 4. The van der Waals surface area contributed by atoms with E-state index in [-0.39, 0.29) is 30.4 Å². The molecule has 44 heavy (non-hydrogen) atoms. The molecule has 0 aromatic heterocycles. The molecule has 0 aliphatic carbocycles. The summed E-state index contributed by atoms with van der Waals surface area (Å²) >= 11 is 6.31. The summed E-state index contributed by atoms with van der Waals surface area (Å²) < 4.78 is 5.57. The van der Waals surface area contributed by atoms with Gasteiger partial charge in [0.25, 0.3) is 11.8 Å². The number of anilines is 2.